The molecule has 3 aromatic rings. The van der Waals surface area contributed by atoms with E-state index in [2.05, 4.69) is 57.2 Å². The van der Waals surface area contributed by atoms with Crippen LogP contribution >= 0.6 is 11.8 Å². The van der Waals surface area contributed by atoms with E-state index in [1.807, 2.05) is 41.7 Å². The summed E-state index contributed by atoms with van der Waals surface area (Å²) in [5.41, 5.74) is 0.0821. The maximum Gasteiger partial charge on any atom is 0.293 e. The van der Waals surface area contributed by atoms with Gasteiger partial charge in [-0.3, -0.25) is 59.1 Å². The number of nitrogens with zero attached hydrogens (tertiary/aromatic N) is 12. The fourth-order valence-electron chi connectivity index (χ4n) is 5.89. The number of aliphatic hydroxyl groups is 2. The number of thioether (sulfide) groups is 1. The maximum absolute atomic E-state index is 11.3. The molecule has 6 rings (SSSR count). The summed E-state index contributed by atoms with van der Waals surface area (Å²) >= 11 is 0.971. The molecule has 9 N–H and O–H groups in total. The van der Waals surface area contributed by atoms with E-state index in [1.165, 1.54) is 12.3 Å². The van der Waals surface area contributed by atoms with Gasteiger partial charge in [-0.25, -0.2) is 0 Å². The minimum Gasteiger partial charge on any atom is -0.504 e. The number of carbonyl (C=O) groups excluding carboxylic acids is 8. The van der Waals surface area contributed by atoms with E-state index in [4.69, 9.17) is 51.3 Å². The molecule has 31 nitrogen and oxygen atoms in total. The Balaban J connectivity index is 0.000000474. The van der Waals surface area contributed by atoms with E-state index >= 15 is 0 Å². The number of nitrogens with one attached hydrogen (secondary N) is 6. The van der Waals surface area contributed by atoms with Gasteiger partial charge in [0.25, 0.3) is 23.0 Å². The Kier molecular flexibility index (Phi) is 29.4. The molecule has 0 saturated carbocycles. The van der Waals surface area contributed by atoms with E-state index in [9.17, 15) is 43.2 Å². The van der Waals surface area contributed by atoms with Crippen molar-refractivity contribution in [3.8, 4) is 42.2 Å². The quantitative estimate of drug-likeness (QED) is 0.0779. The average molecular weight is 1110 g/mol. The van der Waals surface area contributed by atoms with Gasteiger partial charge in [0, 0.05) is 79.4 Å². The lowest BCUT2D eigenvalue weighted by atomic mass is 9.90. The number of hydrogen-bond acceptors (Lipinski definition) is 26. The summed E-state index contributed by atoms with van der Waals surface area (Å²) in [5.74, 6) is -5.81. The molecule has 3 aliphatic rings. The van der Waals surface area contributed by atoms with Crippen LogP contribution in [-0.4, -0.2) is 108 Å². The number of amides is 6. The first-order chi connectivity index (χ1) is 37.4. The second-order valence-corrected chi connectivity index (χ2v) is 17.8. The highest BCUT2D eigenvalue weighted by molar-refractivity contribution is 8.15. The molecule has 79 heavy (non-hydrogen) atoms. The molecular formula is C47H52N18O13S. The number of nitriles is 6. The minimum absolute atomic E-state index is 0.00606. The Morgan fingerprint density at radius 3 is 1.75 bits per heavy atom. The normalized spacial score (nSPS) is 16.0. The second-order valence-electron chi connectivity index (χ2n) is 16.7. The molecule has 414 valence electrons. The number of aromatic nitrogens is 8. The number of ketones is 2. The number of aliphatic hydroxyl groups excluding tert-OH is 2. The zero-order chi connectivity index (χ0) is 59.8. The maximum atomic E-state index is 11.3. The lowest BCUT2D eigenvalue weighted by Gasteiger charge is -2.13. The van der Waals surface area contributed by atoms with E-state index in [0.29, 0.717) is 17.8 Å². The number of Topliss-reactive ketones (excluding diaryl/α,β-unsaturated/α-hetero) is 1. The number of rotatable bonds is 15. The van der Waals surface area contributed by atoms with E-state index in [-0.39, 0.29) is 114 Å². The van der Waals surface area contributed by atoms with Crippen molar-refractivity contribution in [1.82, 2.24) is 57.2 Å². The van der Waals surface area contributed by atoms with Gasteiger partial charge in [-0.2, -0.15) is 42.0 Å². The predicted molar refractivity (Wildman–Crippen MR) is 268 cm³/mol. The number of H-pyrrole nitrogens is 2. The minimum atomic E-state index is -0.787. The molecule has 1 aliphatic carbocycles. The van der Waals surface area contributed by atoms with Gasteiger partial charge < -0.3 is 25.1 Å². The monoisotopic (exact) mass is 1110 g/mol. The highest BCUT2D eigenvalue weighted by atomic mass is 32.2. The molecule has 1 fully saturated rings. The van der Waals surface area contributed by atoms with Crippen LogP contribution in [-0.2, 0) is 40.1 Å². The molecule has 3 aromatic heterocycles. The molecule has 0 radical (unpaired) electrons. The molecule has 1 saturated heterocycles. The molecule has 1 unspecified atom stereocenters. The Morgan fingerprint density at radius 1 is 0.684 bits per heavy atom. The van der Waals surface area contributed by atoms with Gasteiger partial charge in [0.1, 0.15) is 6.26 Å². The van der Waals surface area contributed by atoms with Crippen LogP contribution in [0.5, 0.6) is 5.75 Å². The first-order valence-corrected chi connectivity index (χ1v) is 23.9. The number of imide groups is 2. The highest BCUT2D eigenvalue weighted by Crippen LogP contribution is 2.27. The standard InChI is InChI=1S/C10H9NO3.C9H9NO3.C8H8N2O3.C7H10N6O.C7H8N2O2S.C6H8N6O/c1-6(2-3-11)8-4-7(12)5-9(13)10(8)14;1-6(2-3-10)7-4-13-5-8(11)9(7)12;1-4(2-3-9)5-6(11)8(13)10-7(5)12;1-5(2-3-8)7(14)9-4-6-10-12-13-11-6;1-4(2-3-8)5-6(10)9-7(11)12-5;1-4(2-3-7)5(13)8-6-9-11-12-10-6/h4-6,13H,2H2,1H3;4-6,11H,2H2,1H3;4H,2H2,1H3,(H2,10,11,12,13);5H,2,4H2,1H3,(H,9,14)(H,10,11,12,13);4-5H,2H2,1H3,(H,9,10,11);4H,2H2,1H3,(H2,8,9,10,11,12,13)/t2*6-;4-;5-;4-,5?;4-/m111111/s1. The number of tetrazole rings is 2. The van der Waals surface area contributed by atoms with Gasteiger partial charge in [-0.1, -0.05) is 63.6 Å². The summed E-state index contributed by atoms with van der Waals surface area (Å²) < 4.78 is 4.73. The van der Waals surface area contributed by atoms with Gasteiger partial charge >= 0.3 is 0 Å². The third-order valence-electron chi connectivity index (χ3n) is 10.4. The molecule has 32 heteroatoms. The fourth-order valence-corrected chi connectivity index (χ4v) is 6.78. The number of hydrogen-bond donors (Lipinski definition) is 9. The third kappa shape index (κ3) is 22.9. The summed E-state index contributed by atoms with van der Waals surface area (Å²) in [5, 5.41) is 111. The van der Waals surface area contributed by atoms with Crippen LogP contribution in [0, 0.1) is 97.6 Å². The first-order valence-electron chi connectivity index (χ1n) is 23.0. The van der Waals surface area contributed by atoms with E-state index < -0.39 is 52.0 Å². The van der Waals surface area contributed by atoms with Crippen molar-refractivity contribution in [2.75, 3.05) is 5.32 Å². The number of aromatic hydroxyl groups is 1. The van der Waals surface area contributed by atoms with Gasteiger partial charge in [0.15, 0.2) is 28.9 Å². The van der Waals surface area contributed by atoms with Gasteiger partial charge in [0.2, 0.25) is 28.9 Å². The summed E-state index contributed by atoms with van der Waals surface area (Å²) in [6, 6.07) is 11.5. The Morgan fingerprint density at radius 2 is 1.24 bits per heavy atom. The predicted octanol–water partition coefficient (Wildman–Crippen LogP) is 2.36. The zero-order valence-electron chi connectivity index (χ0n) is 43.0. The number of carbonyl (C=O) groups is 8. The van der Waals surface area contributed by atoms with Crippen LogP contribution in [0.1, 0.15) is 97.4 Å². The van der Waals surface area contributed by atoms with Crippen LogP contribution < -0.4 is 26.7 Å². The van der Waals surface area contributed by atoms with Crippen molar-refractivity contribution in [2.45, 2.75) is 97.8 Å². The molecule has 6 amide bonds. The first kappa shape index (κ1) is 66.6. The van der Waals surface area contributed by atoms with Crippen LogP contribution in [0.4, 0.5) is 10.7 Å². The van der Waals surface area contributed by atoms with Gasteiger partial charge in [-0.15, -0.1) is 15.3 Å². The van der Waals surface area contributed by atoms with Crippen molar-refractivity contribution in [3.05, 3.63) is 69.0 Å². The summed E-state index contributed by atoms with van der Waals surface area (Å²) in [6.45, 7) is 10.4. The zero-order valence-corrected chi connectivity index (χ0v) is 43.8. The Hall–Kier alpha value is -10.4. The number of allylic oxidation sites excluding steroid dienone is 3. The summed E-state index contributed by atoms with van der Waals surface area (Å²) in [6.07, 6.45) is 5.45. The molecule has 2 aliphatic heterocycles. The van der Waals surface area contributed by atoms with Gasteiger partial charge in [0.05, 0.1) is 60.0 Å². The average Bonchev–Trinajstić information content (AvgIpc) is 4.23. The lowest BCUT2D eigenvalue weighted by molar-refractivity contribution is -0.126. The second kappa shape index (κ2) is 34.9. The van der Waals surface area contributed by atoms with E-state index in [1.54, 1.807) is 41.5 Å². The summed E-state index contributed by atoms with van der Waals surface area (Å²) in [4.78, 5) is 99.7. The molecular weight excluding hydrogens is 1060 g/mol. The molecule has 5 heterocycles. The van der Waals surface area contributed by atoms with E-state index in [0.717, 1.165) is 24.1 Å². The smallest absolute Gasteiger partial charge is 0.293 e. The van der Waals surface area contributed by atoms with Crippen molar-refractivity contribution in [3.63, 3.8) is 0 Å². The van der Waals surface area contributed by atoms with Crippen LogP contribution in [0.2, 0.25) is 0 Å². The molecule has 0 bridgehead atoms. The van der Waals surface area contributed by atoms with Crippen LogP contribution in [0.15, 0.2) is 56.6 Å². The number of aromatic amines is 2. The fraction of sp³-hybridized carbons (Fsp3) is 0.426. The van der Waals surface area contributed by atoms with Crippen molar-refractivity contribution < 1.29 is 58.1 Å². The molecule has 0 aromatic carbocycles. The van der Waals surface area contributed by atoms with Crippen molar-refractivity contribution in [1.29, 1.82) is 31.6 Å². The Labute approximate surface area is 453 Å². The van der Waals surface area contributed by atoms with Crippen LogP contribution in [0.3, 0.4) is 0 Å². The van der Waals surface area contributed by atoms with Crippen molar-refractivity contribution >= 4 is 64.1 Å². The van der Waals surface area contributed by atoms with Gasteiger partial charge in [-0.05, 0) is 23.1 Å². The summed E-state index contributed by atoms with van der Waals surface area (Å²) in [7, 11) is 0. The Bertz CT molecular complexity index is 3080. The third-order valence-corrected chi connectivity index (χ3v) is 11.6. The SMILES string of the molecule is C[C@H](CC#N)C(=O)NCc1nn[nH]n1.C[C@H](CC#N)C(=O)Nc1nn[nH]n1.C[C@H](CC#N)C1=C(O)C(=O)NC1=O.C[C@H](CC#N)C1=CC(=O)C=C(O)C1=O.C[C@H](CC#N)C1SC(=O)NC1=O.C[C@H](CC#N)c1cocc(O)c1=O. The highest BCUT2D eigenvalue weighted by Gasteiger charge is 2.36. The van der Waals surface area contributed by atoms with Crippen LogP contribution in [0.25, 0.3) is 0 Å². The largest absolute Gasteiger partial charge is 0.504 e. The molecule has 0 spiro atoms. The number of anilines is 1. The topological polar surface area (TPSA) is 527 Å². The van der Waals surface area contributed by atoms with Crippen molar-refractivity contribution in [2.24, 2.45) is 29.6 Å². The lowest BCUT2D eigenvalue weighted by Crippen LogP contribution is -2.28. The molecule has 7 atom stereocenters.